The lowest BCUT2D eigenvalue weighted by Gasteiger charge is -2.03. The molecule has 0 aliphatic heterocycles. The van der Waals surface area contributed by atoms with Crippen LogP contribution in [0.2, 0.25) is 0 Å². The molecule has 0 fully saturated rings. The molecular weight excluding hydrogens is 412 g/mol. The van der Waals surface area contributed by atoms with E-state index < -0.39 is 11.9 Å². The first kappa shape index (κ1) is 21.1. The average Bonchev–Trinajstić information content (AvgIpc) is 3.39. The molecular formula is C19H22N4O4S2. The van der Waals surface area contributed by atoms with Crippen LogP contribution in [0.1, 0.15) is 58.4 Å². The van der Waals surface area contributed by atoms with E-state index in [9.17, 15) is 9.59 Å². The van der Waals surface area contributed by atoms with E-state index in [2.05, 4.69) is 15.3 Å². The van der Waals surface area contributed by atoms with Crippen molar-refractivity contribution in [3.05, 3.63) is 46.6 Å². The molecule has 0 saturated carbocycles. The highest BCUT2D eigenvalue weighted by Crippen LogP contribution is 2.30. The van der Waals surface area contributed by atoms with Gasteiger partial charge in [-0.15, -0.1) is 0 Å². The number of thiazole rings is 1. The summed E-state index contributed by atoms with van der Waals surface area (Å²) in [5, 5.41) is 3.91. The number of ether oxygens (including phenoxy) is 1. The number of thioether (sulfide) groups is 1. The van der Waals surface area contributed by atoms with Crippen LogP contribution in [-0.4, -0.2) is 33.0 Å². The van der Waals surface area contributed by atoms with Crippen LogP contribution >= 0.6 is 23.1 Å². The molecule has 29 heavy (non-hydrogen) atoms. The summed E-state index contributed by atoms with van der Waals surface area (Å²) >= 11 is 2.62. The number of carbonyl (C=O) groups excluding carboxylic acids is 2. The van der Waals surface area contributed by atoms with Crippen molar-refractivity contribution in [3.63, 3.8) is 0 Å². The summed E-state index contributed by atoms with van der Waals surface area (Å²) in [7, 11) is 1.92. The Hall–Kier alpha value is -2.59. The Kier molecular flexibility index (Phi) is 6.75. The molecule has 0 unspecified atom stereocenters. The van der Waals surface area contributed by atoms with Crippen molar-refractivity contribution in [3.8, 4) is 0 Å². The van der Waals surface area contributed by atoms with Gasteiger partial charge in [0.1, 0.15) is 10.6 Å². The number of furan rings is 1. The molecule has 1 N–H and O–H groups in total. The summed E-state index contributed by atoms with van der Waals surface area (Å²) in [6, 6.07) is 3.38. The number of nitrogens with zero attached hydrogens (tertiary/aromatic N) is 3. The molecule has 0 atom stereocenters. The number of aryl methyl sites for hydroxylation is 1. The summed E-state index contributed by atoms with van der Waals surface area (Å²) in [4.78, 5) is 33.7. The third-order valence-electron chi connectivity index (χ3n) is 3.89. The molecule has 0 aliphatic carbocycles. The van der Waals surface area contributed by atoms with Crippen molar-refractivity contribution < 1.29 is 18.7 Å². The number of anilines is 1. The lowest BCUT2D eigenvalue weighted by atomic mass is 10.1. The minimum atomic E-state index is -0.430. The van der Waals surface area contributed by atoms with Gasteiger partial charge in [-0.3, -0.25) is 10.1 Å². The van der Waals surface area contributed by atoms with Crippen LogP contribution in [0.5, 0.6) is 0 Å². The molecule has 0 saturated heterocycles. The topological polar surface area (TPSA) is 99.2 Å². The third-order valence-corrected chi connectivity index (χ3v) is 5.93. The largest absolute Gasteiger partial charge is 0.462 e. The predicted molar refractivity (Wildman–Crippen MR) is 112 cm³/mol. The van der Waals surface area contributed by atoms with Crippen LogP contribution < -0.4 is 5.32 Å². The summed E-state index contributed by atoms with van der Waals surface area (Å²) < 4.78 is 12.6. The molecule has 0 radical (unpaired) electrons. The van der Waals surface area contributed by atoms with Crippen LogP contribution in [0.4, 0.5) is 5.13 Å². The predicted octanol–water partition coefficient (Wildman–Crippen LogP) is 4.31. The molecule has 3 rings (SSSR count). The van der Waals surface area contributed by atoms with E-state index in [1.807, 2.05) is 31.7 Å². The third kappa shape index (κ3) is 5.07. The summed E-state index contributed by atoms with van der Waals surface area (Å²) in [5.41, 5.74) is 0.607. The van der Waals surface area contributed by atoms with Gasteiger partial charge in [-0.1, -0.05) is 36.9 Å². The van der Waals surface area contributed by atoms with Gasteiger partial charge < -0.3 is 13.7 Å². The number of hydrogen-bond donors (Lipinski definition) is 1. The van der Waals surface area contributed by atoms with Crippen LogP contribution in [0.3, 0.4) is 0 Å². The second kappa shape index (κ2) is 9.27. The number of aromatic nitrogens is 3. The minimum Gasteiger partial charge on any atom is -0.462 e. The zero-order chi connectivity index (χ0) is 21.0. The van der Waals surface area contributed by atoms with Crippen molar-refractivity contribution in [2.75, 3.05) is 11.9 Å². The Morgan fingerprint density at radius 2 is 2.17 bits per heavy atom. The van der Waals surface area contributed by atoms with Crippen LogP contribution in [0, 0.1) is 0 Å². The van der Waals surface area contributed by atoms with Gasteiger partial charge in [0.15, 0.2) is 16.0 Å². The van der Waals surface area contributed by atoms with Gasteiger partial charge in [0.05, 0.1) is 18.1 Å². The molecule has 8 nitrogen and oxygen atoms in total. The molecule has 3 heterocycles. The fourth-order valence-electron chi connectivity index (χ4n) is 2.48. The van der Waals surface area contributed by atoms with Gasteiger partial charge in [-0.25, -0.2) is 14.8 Å². The van der Waals surface area contributed by atoms with Crippen LogP contribution in [0.15, 0.2) is 34.1 Å². The highest BCUT2D eigenvalue weighted by molar-refractivity contribution is 7.98. The van der Waals surface area contributed by atoms with Crippen molar-refractivity contribution in [2.24, 2.45) is 7.05 Å². The monoisotopic (exact) mass is 434 g/mol. The van der Waals surface area contributed by atoms with E-state index in [1.165, 1.54) is 11.8 Å². The highest BCUT2D eigenvalue weighted by atomic mass is 32.2. The number of imidazole rings is 1. The van der Waals surface area contributed by atoms with E-state index >= 15 is 0 Å². The number of hydrogen-bond acceptors (Lipinski definition) is 8. The van der Waals surface area contributed by atoms with Crippen molar-refractivity contribution in [1.82, 2.24) is 14.5 Å². The van der Waals surface area contributed by atoms with Gasteiger partial charge in [-0.05, 0) is 25.0 Å². The Labute approximate surface area is 176 Å². The van der Waals surface area contributed by atoms with E-state index in [1.54, 1.807) is 25.3 Å². The molecule has 0 spiro atoms. The number of amides is 1. The molecule has 0 bridgehead atoms. The first-order valence-electron chi connectivity index (χ1n) is 9.07. The van der Waals surface area contributed by atoms with Gasteiger partial charge in [0.25, 0.3) is 5.91 Å². The van der Waals surface area contributed by atoms with E-state index in [-0.39, 0.29) is 18.3 Å². The maximum Gasteiger partial charge on any atom is 0.350 e. The minimum absolute atomic E-state index is 0.0228. The van der Waals surface area contributed by atoms with Crippen molar-refractivity contribution >= 4 is 40.1 Å². The highest BCUT2D eigenvalue weighted by Gasteiger charge is 2.23. The zero-order valence-electron chi connectivity index (χ0n) is 16.6. The second-order valence-electron chi connectivity index (χ2n) is 6.44. The van der Waals surface area contributed by atoms with E-state index in [4.69, 9.17) is 9.15 Å². The molecule has 3 aromatic rings. The summed E-state index contributed by atoms with van der Waals surface area (Å²) in [6.45, 7) is 5.89. The lowest BCUT2D eigenvalue weighted by molar-refractivity contribution is 0.0530. The van der Waals surface area contributed by atoms with Crippen molar-refractivity contribution in [1.29, 1.82) is 0 Å². The Morgan fingerprint density at radius 1 is 1.38 bits per heavy atom. The molecule has 0 aromatic carbocycles. The lowest BCUT2D eigenvalue weighted by Crippen LogP contribution is -2.10. The summed E-state index contributed by atoms with van der Waals surface area (Å²) in [6.07, 6.45) is 3.60. The summed E-state index contributed by atoms with van der Waals surface area (Å²) in [5.74, 6) is 0.574. The number of rotatable bonds is 8. The Balaban J connectivity index is 1.67. The first-order chi connectivity index (χ1) is 13.9. The standard InChI is InChI=1S/C19H22N4O4S2/c1-5-26-17(25)15-14(11(2)3)21-18(29-15)22-16(24)13-7-6-12(27-13)10-28-19-20-8-9-23(19)4/h6-9,11H,5,10H2,1-4H3,(H,21,22,24). The molecule has 154 valence electrons. The van der Waals surface area contributed by atoms with Gasteiger partial charge >= 0.3 is 5.97 Å². The van der Waals surface area contributed by atoms with Gasteiger partial charge in [0, 0.05) is 19.4 Å². The average molecular weight is 435 g/mol. The number of carbonyl (C=O) groups is 2. The second-order valence-corrected chi connectivity index (χ2v) is 8.38. The molecule has 1 amide bonds. The van der Waals surface area contributed by atoms with Crippen LogP contribution in [0.25, 0.3) is 0 Å². The first-order valence-corrected chi connectivity index (χ1v) is 10.9. The zero-order valence-corrected chi connectivity index (χ0v) is 18.2. The molecule has 0 aliphatic rings. The maximum absolute atomic E-state index is 12.5. The van der Waals surface area contributed by atoms with Gasteiger partial charge in [0.2, 0.25) is 0 Å². The maximum atomic E-state index is 12.5. The number of esters is 1. The van der Waals surface area contributed by atoms with E-state index in [0.717, 1.165) is 16.5 Å². The van der Waals surface area contributed by atoms with Crippen molar-refractivity contribution in [2.45, 2.75) is 37.6 Å². The normalized spacial score (nSPS) is 11.1. The fraction of sp³-hybridized carbons (Fsp3) is 0.368. The number of nitrogens with one attached hydrogen (secondary N) is 1. The van der Waals surface area contributed by atoms with Gasteiger partial charge in [-0.2, -0.15) is 0 Å². The Bertz CT molecular complexity index is 1010. The van der Waals surface area contributed by atoms with Crippen LogP contribution in [-0.2, 0) is 17.5 Å². The fourth-order valence-corrected chi connectivity index (χ4v) is 4.32. The molecule has 3 aromatic heterocycles. The quantitative estimate of drug-likeness (QED) is 0.416. The van der Waals surface area contributed by atoms with E-state index in [0.29, 0.717) is 27.2 Å². The molecule has 10 heteroatoms. The smallest absolute Gasteiger partial charge is 0.350 e. The Morgan fingerprint density at radius 3 is 2.83 bits per heavy atom. The SMILES string of the molecule is CCOC(=O)c1sc(NC(=O)c2ccc(CSc3nccn3C)o2)nc1C(C)C.